The molecule has 0 aliphatic heterocycles. The second-order valence-electron chi connectivity index (χ2n) is 6.00. The molecule has 20 heavy (non-hydrogen) atoms. The van der Waals surface area contributed by atoms with E-state index in [2.05, 4.69) is 55.5 Å². The molecule has 0 heterocycles. The summed E-state index contributed by atoms with van der Waals surface area (Å²) < 4.78 is 0. The van der Waals surface area contributed by atoms with Gasteiger partial charge in [-0.3, -0.25) is 0 Å². The van der Waals surface area contributed by atoms with Crippen molar-refractivity contribution in [1.29, 1.82) is 0 Å². The minimum absolute atomic E-state index is 0.649. The summed E-state index contributed by atoms with van der Waals surface area (Å²) in [7, 11) is 0. The fraction of sp³-hybridized carbons (Fsp3) is 0.400. The highest BCUT2D eigenvalue weighted by Gasteiger charge is 2.17. The fourth-order valence-electron chi connectivity index (χ4n) is 3.28. The molecular formula is C20H24. The first-order valence-electron chi connectivity index (χ1n) is 8.09. The molecule has 0 nitrogen and oxygen atoms in total. The summed E-state index contributed by atoms with van der Waals surface area (Å²) >= 11 is 0. The first-order valence-corrected chi connectivity index (χ1v) is 8.09. The number of rotatable bonds is 6. The molecule has 0 fully saturated rings. The van der Waals surface area contributed by atoms with Crippen molar-refractivity contribution in [3.63, 3.8) is 0 Å². The summed E-state index contributed by atoms with van der Waals surface area (Å²) in [6, 6.07) is 13.4. The molecule has 3 rings (SSSR count). The largest absolute Gasteiger partial charge is 0.0764 e. The molecule has 0 aromatic heterocycles. The van der Waals surface area contributed by atoms with E-state index < -0.39 is 0 Å². The summed E-state index contributed by atoms with van der Waals surface area (Å²) in [6.45, 7) is 2.28. The van der Waals surface area contributed by atoms with Crippen molar-refractivity contribution < 1.29 is 0 Å². The van der Waals surface area contributed by atoms with E-state index in [1.807, 2.05) is 0 Å². The molecule has 0 bridgehead atoms. The van der Waals surface area contributed by atoms with Crippen molar-refractivity contribution in [2.45, 2.75) is 51.4 Å². The average Bonchev–Trinajstić information content (AvgIpc) is 2.87. The van der Waals surface area contributed by atoms with E-state index in [1.165, 1.54) is 54.9 Å². The molecule has 0 amide bonds. The fourth-order valence-corrected chi connectivity index (χ4v) is 3.28. The standard InChI is InChI=1S/C20H24/c1-2-3-4-5-6-9-16-12-13-19-14-17-10-7-8-11-18(17)15-20(16)19/h7-8,10-16H,2-6,9H2,1H3. The molecule has 2 aromatic rings. The van der Waals surface area contributed by atoms with Crippen molar-refractivity contribution >= 4 is 16.8 Å². The Morgan fingerprint density at radius 3 is 2.45 bits per heavy atom. The van der Waals surface area contributed by atoms with E-state index in [1.54, 1.807) is 5.56 Å². The van der Waals surface area contributed by atoms with E-state index in [9.17, 15) is 0 Å². The number of benzene rings is 2. The molecule has 1 aliphatic carbocycles. The summed E-state index contributed by atoms with van der Waals surface area (Å²) in [5.74, 6) is 0.649. The Kier molecular flexibility index (Phi) is 4.20. The van der Waals surface area contributed by atoms with Crippen LogP contribution in [0.5, 0.6) is 0 Å². The van der Waals surface area contributed by atoms with Crippen LogP contribution in [0.3, 0.4) is 0 Å². The first-order chi connectivity index (χ1) is 9.88. The highest BCUT2D eigenvalue weighted by molar-refractivity contribution is 5.87. The van der Waals surface area contributed by atoms with Crippen molar-refractivity contribution in [2.24, 2.45) is 0 Å². The van der Waals surface area contributed by atoms with Gasteiger partial charge in [-0.1, -0.05) is 75.4 Å². The molecule has 2 aromatic carbocycles. The highest BCUT2D eigenvalue weighted by Crippen LogP contribution is 2.36. The van der Waals surface area contributed by atoms with Gasteiger partial charge in [0.15, 0.2) is 0 Å². The van der Waals surface area contributed by atoms with E-state index in [-0.39, 0.29) is 0 Å². The van der Waals surface area contributed by atoms with Gasteiger partial charge in [-0.25, -0.2) is 0 Å². The van der Waals surface area contributed by atoms with Crippen LogP contribution < -0.4 is 0 Å². The third-order valence-electron chi connectivity index (χ3n) is 4.48. The summed E-state index contributed by atoms with van der Waals surface area (Å²) in [6.07, 6.45) is 12.9. The van der Waals surface area contributed by atoms with Gasteiger partial charge in [-0.2, -0.15) is 0 Å². The van der Waals surface area contributed by atoms with Crippen LogP contribution in [0.2, 0.25) is 0 Å². The lowest BCUT2D eigenvalue weighted by Crippen LogP contribution is -1.94. The molecule has 0 spiro atoms. The van der Waals surface area contributed by atoms with Gasteiger partial charge in [0.1, 0.15) is 0 Å². The predicted molar refractivity (Wildman–Crippen MR) is 89.1 cm³/mol. The first kappa shape index (κ1) is 13.4. The van der Waals surface area contributed by atoms with Crippen LogP contribution in [-0.4, -0.2) is 0 Å². The SMILES string of the molecule is CCCCCCCC1C=Cc2cc3ccccc3cc21. The molecule has 1 unspecified atom stereocenters. The third-order valence-corrected chi connectivity index (χ3v) is 4.48. The van der Waals surface area contributed by atoms with Crippen molar-refractivity contribution in [1.82, 2.24) is 0 Å². The molecule has 1 aliphatic rings. The number of fused-ring (bicyclic) bond motifs is 2. The Bertz CT molecular complexity index is 606. The molecule has 0 heteroatoms. The van der Waals surface area contributed by atoms with Crippen LogP contribution >= 0.6 is 0 Å². The molecule has 0 saturated carbocycles. The topological polar surface area (TPSA) is 0 Å². The Morgan fingerprint density at radius 1 is 0.900 bits per heavy atom. The second kappa shape index (κ2) is 6.26. The smallest absolute Gasteiger partial charge is 0.00274 e. The summed E-state index contributed by atoms with van der Waals surface area (Å²) in [5, 5.41) is 2.74. The molecular weight excluding hydrogens is 240 g/mol. The zero-order chi connectivity index (χ0) is 13.8. The van der Waals surface area contributed by atoms with Gasteiger partial charge in [-0.15, -0.1) is 0 Å². The normalized spacial score (nSPS) is 16.8. The lowest BCUT2D eigenvalue weighted by atomic mass is 9.92. The Labute approximate surface area is 122 Å². The zero-order valence-corrected chi connectivity index (χ0v) is 12.4. The molecule has 104 valence electrons. The van der Waals surface area contributed by atoms with Crippen LogP contribution in [0, 0.1) is 0 Å². The van der Waals surface area contributed by atoms with Crippen molar-refractivity contribution in [2.75, 3.05) is 0 Å². The van der Waals surface area contributed by atoms with Gasteiger partial charge in [-0.05, 0) is 40.5 Å². The number of unbranched alkanes of at least 4 members (excludes halogenated alkanes) is 4. The lowest BCUT2D eigenvalue weighted by molar-refractivity contribution is 0.589. The molecule has 0 radical (unpaired) electrons. The van der Waals surface area contributed by atoms with E-state index in [0.29, 0.717) is 5.92 Å². The van der Waals surface area contributed by atoms with Gasteiger partial charge in [0.05, 0.1) is 0 Å². The lowest BCUT2D eigenvalue weighted by Gasteiger charge is -2.12. The van der Waals surface area contributed by atoms with Gasteiger partial charge >= 0.3 is 0 Å². The Hall–Kier alpha value is -1.56. The monoisotopic (exact) mass is 264 g/mol. The number of hydrogen-bond acceptors (Lipinski definition) is 0. The molecule has 1 atom stereocenters. The maximum Gasteiger partial charge on any atom is 0.00274 e. The van der Waals surface area contributed by atoms with Crippen LogP contribution in [0.4, 0.5) is 0 Å². The van der Waals surface area contributed by atoms with Crippen molar-refractivity contribution in [3.8, 4) is 0 Å². The van der Waals surface area contributed by atoms with E-state index in [4.69, 9.17) is 0 Å². The minimum atomic E-state index is 0.649. The van der Waals surface area contributed by atoms with Gasteiger partial charge in [0, 0.05) is 5.92 Å². The quantitative estimate of drug-likeness (QED) is 0.536. The highest BCUT2D eigenvalue weighted by atomic mass is 14.2. The maximum atomic E-state index is 2.41. The maximum absolute atomic E-state index is 2.41. The predicted octanol–water partition coefficient (Wildman–Crippen LogP) is 6.31. The Morgan fingerprint density at radius 2 is 1.65 bits per heavy atom. The summed E-state index contributed by atoms with van der Waals surface area (Å²) in [4.78, 5) is 0. The second-order valence-corrected chi connectivity index (χ2v) is 6.00. The Balaban J connectivity index is 1.69. The van der Waals surface area contributed by atoms with Crippen LogP contribution in [0.15, 0.2) is 42.5 Å². The minimum Gasteiger partial charge on any atom is -0.0764 e. The van der Waals surface area contributed by atoms with Gasteiger partial charge in [0.2, 0.25) is 0 Å². The number of allylic oxidation sites excluding steroid dienone is 1. The van der Waals surface area contributed by atoms with Crippen LogP contribution in [0.1, 0.15) is 62.5 Å². The van der Waals surface area contributed by atoms with Crippen LogP contribution in [-0.2, 0) is 0 Å². The van der Waals surface area contributed by atoms with E-state index >= 15 is 0 Å². The molecule has 0 N–H and O–H groups in total. The van der Waals surface area contributed by atoms with Gasteiger partial charge < -0.3 is 0 Å². The third kappa shape index (κ3) is 2.80. The van der Waals surface area contributed by atoms with Crippen molar-refractivity contribution in [3.05, 3.63) is 53.6 Å². The zero-order valence-electron chi connectivity index (χ0n) is 12.4. The van der Waals surface area contributed by atoms with Crippen LogP contribution in [0.25, 0.3) is 16.8 Å². The van der Waals surface area contributed by atoms with E-state index in [0.717, 1.165) is 0 Å². The molecule has 0 saturated heterocycles. The number of hydrogen-bond donors (Lipinski definition) is 0. The average molecular weight is 264 g/mol. The summed E-state index contributed by atoms with van der Waals surface area (Å²) in [5.41, 5.74) is 2.97. The van der Waals surface area contributed by atoms with Gasteiger partial charge in [0.25, 0.3) is 0 Å².